The fourth-order valence-electron chi connectivity index (χ4n) is 1.29. The number of rotatable bonds is 1. The molecule has 0 bridgehead atoms. The minimum atomic E-state index is -0.191. The molecule has 0 unspecified atom stereocenters. The van der Waals surface area contributed by atoms with Crippen molar-refractivity contribution in [3.8, 4) is 12.1 Å². The lowest BCUT2D eigenvalue weighted by Crippen LogP contribution is -2.14. The molecule has 3 nitrogen and oxygen atoms in total. The molecule has 1 rings (SSSR count). The van der Waals surface area contributed by atoms with Crippen molar-refractivity contribution in [2.75, 3.05) is 0 Å². The van der Waals surface area contributed by atoms with Crippen molar-refractivity contribution in [3.05, 3.63) is 47.5 Å². The van der Waals surface area contributed by atoms with Gasteiger partial charge in [0.2, 0.25) is 0 Å². The maximum atomic E-state index is 8.87. The molecule has 0 aromatic rings. The quantitative estimate of drug-likeness (QED) is 0.644. The molecule has 1 aliphatic rings. The van der Waals surface area contributed by atoms with Crippen LogP contribution in [-0.4, -0.2) is 0 Å². The summed E-state index contributed by atoms with van der Waals surface area (Å²) in [4.78, 5) is 0. The van der Waals surface area contributed by atoms with Gasteiger partial charge in [0.1, 0.15) is 29.2 Å². The molecule has 0 aromatic heterocycles. The first-order valence-electron chi connectivity index (χ1n) is 5.21. The summed E-state index contributed by atoms with van der Waals surface area (Å²) in [5.74, 6) is 1.27. The van der Waals surface area contributed by atoms with Gasteiger partial charge in [-0.2, -0.15) is 10.5 Å². The minimum absolute atomic E-state index is 0.0781. The average Bonchev–Trinajstić information content (AvgIpc) is 2.29. The lowest BCUT2D eigenvalue weighted by molar-refractivity contribution is 0.223. The fourth-order valence-corrected chi connectivity index (χ4v) is 1.29. The van der Waals surface area contributed by atoms with Gasteiger partial charge in [0.15, 0.2) is 0 Å². The van der Waals surface area contributed by atoms with Crippen molar-refractivity contribution < 1.29 is 4.74 Å². The van der Waals surface area contributed by atoms with E-state index in [0.717, 1.165) is 0 Å². The maximum Gasteiger partial charge on any atom is 0.137 e. The molecule has 0 fully saturated rings. The maximum absolute atomic E-state index is 8.87. The monoisotopic (exact) mass is 226 g/mol. The molecule has 0 saturated heterocycles. The van der Waals surface area contributed by atoms with E-state index in [1.807, 2.05) is 32.9 Å². The molecule has 0 saturated carbocycles. The van der Waals surface area contributed by atoms with Crippen molar-refractivity contribution in [2.45, 2.75) is 20.8 Å². The molecule has 3 heteroatoms. The van der Waals surface area contributed by atoms with Gasteiger partial charge in [-0.25, -0.2) is 0 Å². The SMILES string of the molecule is C=CC1=CC(=C(C#N)C#N)C=C(C(C)(C)C)O1. The van der Waals surface area contributed by atoms with Gasteiger partial charge >= 0.3 is 0 Å². The van der Waals surface area contributed by atoms with E-state index >= 15 is 0 Å². The second kappa shape index (κ2) is 4.72. The van der Waals surface area contributed by atoms with E-state index in [0.29, 0.717) is 17.1 Å². The molecule has 86 valence electrons. The molecule has 0 radical (unpaired) electrons. The predicted molar refractivity (Wildman–Crippen MR) is 65.2 cm³/mol. The third kappa shape index (κ3) is 2.86. The summed E-state index contributed by atoms with van der Waals surface area (Å²) < 4.78 is 5.62. The van der Waals surface area contributed by atoms with Crippen LogP contribution in [0.5, 0.6) is 0 Å². The normalized spacial score (nSPS) is 14.8. The summed E-state index contributed by atoms with van der Waals surface area (Å²) >= 11 is 0. The second-order valence-electron chi connectivity index (χ2n) is 4.67. The van der Waals surface area contributed by atoms with Gasteiger partial charge in [0.25, 0.3) is 0 Å². The standard InChI is InChI=1S/C14H14N2O/c1-5-12-6-10(11(8-15)9-16)7-13(17-12)14(2,3)4/h5-7H,1H2,2-4H3. The van der Waals surface area contributed by atoms with Crippen LogP contribution in [0.2, 0.25) is 0 Å². The van der Waals surface area contributed by atoms with Crippen molar-refractivity contribution >= 4 is 0 Å². The van der Waals surface area contributed by atoms with Gasteiger partial charge < -0.3 is 4.74 Å². The number of allylic oxidation sites excluding steroid dienone is 6. The Labute approximate surface area is 102 Å². The Morgan fingerprint density at radius 3 is 2.29 bits per heavy atom. The van der Waals surface area contributed by atoms with Crippen molar-refractivity contribution in [1.82, 2.24) is 0 Å². The van der Waals surface area contributed by atoms with Gasteiger partial charge in [-0.3, -0.25) is 0 Å². The number of nitriles is 2. The van der Waals surface area contributed by atoms with Gasteiger partial charge in [0, 0.05) is 11.0 Å². The number of ether oxygens (including phenoxy) is 1. The third-order valence-corrected chi connectivity index (χ3v) is 2.26. The van der Waals surface area contributed by atoms with E-state index in [9.17, 15) is 0 Å². The molecular weight excluding hydrogens is 212 g/mol. The Hall–Kier alpha value is -2.26. The molecule has 1 heterocycles. The molecule has 17 heavy (non-hydrogen) atoms. The first kappa shape index (κ1) is 12.8. The van der Waals surface area contributed by atoms with Crippen molar-refractivity contribution in [1.29, 1.82) is 10.5 Å². The average molecular weight is 226 g/mol. The Morgan fingerprint density at radius 1 is 1.29 bits per heavy atom. The molecule has 0 atom stereocenters. The molecule has 1 aliphatic heterocycles. The smallest absolute Gasteiger partial charge is 0.137 e. The zero-order valence-electron chi connectivity index (χ0n) is 10.2. The van der Waals surface area contributed by atoms with Crippen LogP contribution in [0.1, 0.15) is 20.8 Å². The van der Waals surface area contributed by atoms with Gasteiger partial charge in [-0.15, -0.1) is 0 Å². The van der Waals surface area contributed by atoms with E-state index in [-0.39, 0.29) is 11.0 Å². The van der Waals surface area contributed by atoms with Crippen molar-refractivity contribution in [3.63, 3.8) is 0 Å². The highest BCUT2D eigenvalue weighted by Crippen LogP contribution is 2.33. The number of hydrogen-bond acceptors (Lipinski definition) is 3. The highest BCUT2D eigenvalue weighted by Gasteiger charge is 2.23. The minimum Gasteiger partial charge on any atom is -0.461 e. The Morgan fingerprint density at radius 2 is 1.88 bits per heavy atom. The predicted octanol–water partition coefficient (Wildman–Crippen LogP) is 3.36. The lowest BCUT2D eigenvalue weighted by atomic mass is 9.90. The fraction of sp³-hybridized carbons (Fsp3) is 0.286. The van der Waals surface area contributed by atoms with Crippen LogP contribution in [0, 0.1) is 28.1 Å². The van der Waals surface area contributed by atoms with Crippen LogP contribution in [-0.2, 0) is 4.74 Å². The van der Waals surface area contributed by atoms with E-state index < -0.39 is 0 Å². The van der Waals surface area contributed by atoms with Gasteiger partial charge in [0.05, 0.1) is 0 Å². The topological polar surface area (TPSA) is 56.8 Å². The van der Waals surface area contributed by atoms with Crippen LogP contribution in [0.25, 0.3) is 0 Å². The zero-order valence-corrected chi connectivity index (χ0v) is 10.2. The van der Waals surface area contributed by atoms with E-state index in [4.69, 9.17) is 15.3 Å². The summed E-state index contributed by atoms with van der Waals surface area (Å²) in [7, 11) is 0. The first-order chi connectivity index (χ1) is 7.92. The molecule has 0 aromatic carbocycles. The summed E-state index contributed by atoms with van der Waals surface area (Å²) in [5.41, 5.74) is 0.458. The summed E-state index contributed by atoms with van der Waals surface area (Å²) in [6, 6.07) is 3.76. The molecule has 0 spiro atoms. The van der Waals surface area contributed by atoms with Gasteiger partial charge in [-0.05, 0) is 18.2 Å². The molecule has 0 N–H and O–H groups in total. The van der Waals surface area contributed by atoms with Crippen LogP contribution in [0.4, 0.5) is 0 Å². The summed E-state index contributed by atoms with van der Waals surface area (Å²) in [6.07, 6.45) is 4.93. The summed E-state index contributed by atoms with van der Waals surface area (Å²) in [6.45, 7) is 9.64. The zero-order chi connectivity index (χ0) is 13.1. The van der Waals surface area contributed by atoms with E-state index in [1.54, 1.807) is 18.2 Å². The molecule has 0 aliphatic carbocycles. The van der Waals surface area contributed by atoms with Crippen molar-refractivity contribution in [2.24, 2.45) is 5.41 Å². The first-order valence-corrected chi connectivity index (χ1v) is 5.21. The molecule has 0 amide bonds. The van der Waals surface area contributed by atoms with E-state index in [1.165, 1.54) is 0 Å². The van der Waals surface area contributed by atoms with Crippen LogP contribution < -0.4 is 0 Å². The Balaban J connectivity index is 3.36. The Kier molecular flexibility index (Phi) is 3.55. The molecular formula is C14H14N2O. The van der Waals surface area contributed by atoms with Crippen LogP contribution in [0.15, 0.2) is 47.5 Å². The van der Waals surface area contributed by atoms with Crippen LogP contribution >= 0.6 is 0 Å². The van der Waals surface area contributed by atoms with Gasteiger partial charge in [-0.1, -0.05) is 27.4 Å². The lowest BCUT2D eigenvalue weighted by Gasteiger charge is -2.26. The highest BCUT2D eigenvalue weighted by atomic mass is 16.5. The number of nitrogens with zero attached hydrogens (tertiary/aromatic N) is 2. The largest absolute Gasteiger partial charge is 0.461 e. The Bertz CT molecular complexity index is 498. The number of hydrogen-bond donors (Lipinski definition) is 0. The van der Waals surface area contributed by atoms with Crippen LogP contribution in [0.3, 0.4) is 0 Å². The van der Waals surface area contributed by atoms with E-state index in [2.05, 4.69) is 6.58 Å². The second-order valence-corrected chi connectivity index (χ2v) is 4.67. The summed E-state index contributed by atoms with van der Waals surface area (Å²) in [5, 5.41) is 17.7. The highest BCUT2D eigenvalue weighted by molar-refractivity contribution is 5.53. The third-order valence-electron chi connectivity index (χ3n) is 2.26.